The molecule has 0 saturated heterocycles. The highest BCUT2D eigenvalue weighted by molar-refractivity contribution is 9.10. The van der Waals surface area contributed by atoms with Crippen LogP contribution in [0, 0.1) is 0 Å². The number of carbonyl (C=O) groups is 1. The van der Waals surface area contributed by atoms with Crippen LogP contribution in [0.4, 0.5) is 5.69 Å². The molecule has 0 saturated carbocycles. The minimum Gasteiger partial charge on any atom is -0.493 e. The third-order valence-electron chi connectivity index (χ3n) is 3.00. The lowest BCUT2D eigenvalue weighted by Gasteiger charge is -2.14. The first-order valence-corrected chi connectivity index (χ1v) is 6.67. The number of hydrogen-bond donors (Lipinski definition) is 1. The van der Waals surface area contributed by atoms with E-state index in [1.165, 1.54) is 0 Å². The number of nitrogens with two attached hydrogens (primary N) is 1. The Bertz CT molecular complexity index is 656. The molecule has 0 radical (unpaired) electrons. The molecule has 2 rings (SSSR count). The first-order chi connectivity index (χ1) is 9.62. The molecule has 2 N–H and O–H groups in total. The Morgan fingerprint density at radius 3 is 2.35 bits per heavy atom. The fraction of sp³-hybridized carbons (Fsp3) is 0.133. The topological polar surface area (TPSA) is 61.5 Å². The zero-order valence-electron chi connectivity index (χ0n) is 11.1. The van der Waals surface area contributed by atoms with Crippen molar-refractivity contribution >= 4 is 27.9 Å². The van der Waals surface area contributed by atoms with Crippen molar-refractivity contribution in [3.05, 3.63) is 40.4 Å². The molecule has 4 nitrogen and oxygen atoms in total. The van der Waals surface area contributed by atoms with Gasteiger partial charge in [-0.25, -0.2) is 0 Å². The number of ether oxygens (including phenoxy) is 2. The van der Waals surface area contributed by atoms with Crippen molar-refractivity contribution in [1.29, 1.82) is 0 Å². The van der Waals surface area contributed by atoms with E-state index in [1.807, 2.05) is 6.07 Å². The van der Waals surface area contributed by atoms with Crippen LogP contribution in [-0.2, 0) is 0 Å². The zero-order valence-corrected chi connectivity index (χ0v) is 12.7. The largest absolute Gasteiger partial charge is 0.493 e. The molecule has 0 unspecified atom stereocenters. The van der Waals surface area contributed by atoms with Gasteiger partial charge in [-0.1, -0.05) is 18.2 Å². The van der Waals surface area contributed by atoms with E-state index in [9.17, 15) is 4.79 Å². The molecule has 0 aliphatic rings. The molecule has 0 aliphatic carbocycles. The van der Waals surface area contributed by atoms with Crippen LogP contribution < -0.4 is 15.2 Å². The molecule has 20 heavy (non-hydrogen) atoms. The van der Waals surface area contributed by atoms with Crippen molar-refractivity contribution in [3.63, 3.8) is 0 Å². The molecule has 0 amide bonds. The Kier molecular flexibility index (Phi) is 4.29. The summed E-state index contributed by atoms with van der Waals surface area (Å²) in [4.78, 5) is 11.0. The Morgan fingerprint density at radius 1 is 1.10 bits per heavy atom. The number of rotatable bonds is 4. The minimum atomic E-state index is 0.548. The van der Waals surface area contributed by atoms with Crippen LogP contribution in [0.25, 0.3) is 11.1 Å². The van der Waals surface area contributed by atoms with Crippen LogP contribution in [0.1, 0.15) is 10.4 Å². The van der Waals surface area contributed by atoms with E-state index in [0.29, 0.717) is 27.2 Å². The van der Waals surface area contributed by atoms with E-state index in [0.717, 1.165) is 17.4 Å². The van der Waals surface area contributed by atoms with Gasteiger partial charge in [0.2, 0.25) is 0 Å². The van der Waals surface area contributed by atoms with Gasteiger partial charge in [0.05, 0.1) is 14.2 Å². The number of nitrogen functional groups attached to an aromatic ring is 1. The summed E-state index contributed by atoms with van der Waals surface area (Å²) in [5, 5.41) is 0. The van der Waals surface area contributed by atoms with Gasteiger partial charge < -0.3 is 15.2 Å². The molecule has 0 fully saturated rings. The number of halogens is 1. The summed E-state index contributed by atoms with van der Waals surface area (Å²) in [7, 11) is 3.12. The van der Waals surface area contributed by atoms with Gasteiger partial charge in [0.25, 0.3) is 0 Å². The first kappa shape index (κ1) is 14.4. The number of aldehydes is 1. The minimum absolute atomic E-state index is 0.548. The van der Waals surface area contributed by atoms with Crippen molar-refractivity contribution in [1.82, 2.24) is 0 Å². The molecule has 0 aliphatic heterocycles. The van der Waals surface area contributed by atoms with Crippen molar-refractivity contribution < 1.29 is 14.3 Å². The van der Waals surface area contributed by atoms with Crippen molar-refractivity contribution in [3.8, 4) is 22.6 Å². The summed E-state index contributed by atoms with van der Waals surface area (Å²) in [5.41, 5.74) is 8.79. The summed E-state index contributed by atoms with van der Waals surface area (Å²) in [6.07, 6.45) is 0.796. The Morgan fingerprint density at radius 2 is 1.75 bits per heavy atom. The predicted molar refractivity (Wildman–Crippen MR) is 82.5 cm³/mol. The van der Waals surface area contributed by atoms with Crippen molar-refractivity contribution in [2.24, 2.45) is 0 Å². The Balaban J connectivity index is 2.67. The average molecular weight is 336 g/mol. The molecular formula is C15H14BrNO3. The quantitative estimate of drug-likeness (QED) is 0.685. The third kappa shape index (κ3) is 2.49. The fourth-order valence-electron chi connectivity index (χ4n) is 1.98. The normalized spacial score (nSPS) is 10.2. The van der Waals surface area contributed by atoms with Gasteiger partial charge in [-0.15, -0.1) is 0 Å². The number of methoxy groups -OCH3 is 2. The van der Waals surface area contributed by atoms with Crippen LogP contribution in [0.5, 0.6) is 11.5 Å². The lowest BCUT2D eigenvalue weighted by Crippen LogP contribution is -1.97. The van der Waals surface area contributed by atoms with Gasteiger partial charge in [-0.3, -0.25) is 4.79 Å². The van der Waals surface area contributed by atoms with Crippen molar-refractivity contribution in [2.45, 2.75) is 0 Å². The summed E-state index contributed by atoms with van der Waals surface area (Å²) in [6.45, 7) is 0. The highest BCUT2D eigenvalue weighted by Crippen LogP contribution is 2.40. The maximum atomic E-state index is 11.0. The van der Waals surface area contributed by atoms with Gasteiger partial charge in [0, 0.05) is 27.4 Å². The van der Waals surface area contributed by atoms with E-state index in [1.54, 1.807) is 38.5 Å². The lowest BCUT2D eigenvalue weighted by molar-refractivity contribution is 0.112. The predicted octanol–water partition coefficient (Wildman–Crippen LogP) is 3.53. The van der Waals surface area contributed by atoms with E-state index in [2.05, 4.69) is 15.9 Å². The van der Waals surface area contributed by atoms with Crippen LogP contribution in [0.3, 0.4) is 0 Å². The standard InChI is InChI=1S/C15H14BrNO3/c1-19-13-6-11(12(17)7-14(13)20-2)10-5-3-4-9(8-18)15(10)16/h3-8H,17H2,1-2H3. The summed E-state index contributed by atoms with van der Waals surface area (Å²) in [5.74, 6) is 1.15. The number of carbonyl (C=O) groups excluding carboxylic acids is 1. The summed E-state index contributed by atoms with van der Waals surface area (Å²) >= 11 is 3.44. The van der Waals surface area contributed by atoms with Crippen LogP contribution in [-0.4, -0.2) is 20.5 Å². The maximum Gasteiger partial charge on any atom is 0.162 e. The molecule has 2 aromatic carbocycles. The highest BCUT2D eigenvalue weighted by Gasteiger charge is 2.14. The van der Waals surface area contributed by atoms with E-state index in [4.69, 9.17) is 15.2 Å². The first-order valence-electron chi connectivity index (χ1n) is 5.88. The van der Waals surface area contributed by atoms with E-state index < -0.39 is 0 Å². The summed E-state index contributed by atoms with van der Waals surface area (Å²) in [6, 6.07) is 8.92. The molecule has 0 aromatic heterocycles. The highest BCUT2D eigenvalue weighted by atomic mass is 79.9. The summed E-state index contributed by atoms with van der Waals surface area (Å²) < 4.78 is 11.2. The zero-order chi connectivity index (χ0) is 14.7. The third-order valence-corrected chi connectivity index (χ3v) is 3.89. The van der Waals surface area contributed by atoms with Crippen LogP contribution in [0.15, 0.2) is 34.8 Å². The molecular weight excluding hydrogens is 322 g/mol. The van der Waals surface area contributed by atoms with Gasteiger partial charge in [0.15, 0.2) is 17.8 Å². The van der Waals surface area contributed by atoms with E-state index >= 15 is 0 Å². The van der Waals surface area contributed by atoms with Crippen LogP contribution >= 0.6 is 15.9 Å². The molecule has 0 spiro atoms. The average Bonchev–Trinajstić information content (AvgIpc) is 2.47. The smallest absolute Gasteiger partial charge is 0.162 e. The Labute approximate surface area is 125 Å². The molecule has 0 bridgehead atoms. The second kappa shape index (κ2) is 5.96. The van der Waals surface area contributed by atoms with Gasteiger partial charge >= 0.3 is 0 Å². The number of hydrogen-bond acceptors (Lipinski definition) is 4. The maximum absolute atomic E-state index is 11.0. The lowest BCUT2D eigenvalue weighted by atomic mass is 10.0. The van der Waals surface area contributed by atoms with Gasteiger partial charge in [0.1, 0.15) is 0 Å². The molecule has 5 heteroatoms. The number of benzene rings is 2. The monoisotopic (exact) mass is 335 g/mol. The Hall–Kier alpha value is -2.01. The molecule has 104 valence electrons. The van der Waals surface area contributed by atoms with Gasteiger partial charge in [-0.05, 0) is 27.6 Å². The molecule has 0 atom stereocenters. The van der Waals surface area contributed by atoms with Crippen LogP contribution in [0.2, 0.25) is 0 Å². The SMILES string of the molecule is COc1cc(N)c(-c2cccc(C=O)c2Br)cc1OC. The molecule has 2 aromatic rings. The van der Waals surface area contributed by atoms with E-state index in [-0.39, 0.29) is 0 Å². The van der Waals surface area contributed by atoms with Crippen molar-refractivity contribution in [2.75, 3.05) is 20.0 Å². The number of anilines is 1. The van der Waals surface area contributed by atoms with Gasteiger partial charge in [-0.2, -0.15) is 0 Å². The second-order valence-corrected chi connectivity index (χ2v) is 4.91. The molecule has 0 heterocycles. The second-order valence-electron chi connectivity index (χ2n) is 4.12. The fourth-order valence-corrected chi connectivity index (χ4v) is 2.55.